The molecule has 0 aliphatic rings. The van der Waals surface area contributed by atoms with Crippen LogP contribution in [0.15, 0.2) is 24.3 Å². The van der Waals surface area contributed by atoms with E-state index in [1.54, 1.807) is 12.1 Å². The quantitative estimate of drug-likeness (QED) is 0.383. The summed E-state index contributed by atoms with van der Waals surface area (Å²) in [6.07, 6.45) is 5.19. The Bertz CT molecular complexity index is 631. The summed E-state index contributed by atoms with van der Waals surface area (Å²) in [5.74, 6) is -0.952. The van der Waals surface area contributed by atoms with E-state index in [1.165, 1.54) is 0 Å². The van der Waals surface area contributed by atoms with Crippen molar-refractivity contribution >= 4 is 23.5 Å². The summed E-state index contributed by atoms with van der Waals surface area (Å²) >= 11 is 0. The minimum absolute atomic E-state index is 0.0941. The molecular weight excluding hydrogens is 362 g/mol. The Hall–Kier alpha value is -2.57. The Morgan fingerprint density at radius 2 is 1.68 bits per heavy atom. The molecule has 0 bridgehead atoms. The highest BCUT2D eigenvalue weighted by Gasteiger charge is 2.10. The fourth-order valence-corrected chi connectivity index (χ4v) is 2.82. The van der Waals surface area contributed by atoms with Crippen LogP contribution < -0.4 is 10.1 Å². The Morgan fingerprint density at radius 1 is 0.964 bits per heavy atom. The van der Waals surface area contributed by atoms with Gasteiger partial charge < -0.3 is 20.3 Å². The van der Waals surface area contributed by atoms with Crippen LogP contribution >= 0.6 is 0 Å². The third kappa shape index (κ3) is 11.2. The number of carbonyl (C=O) groups excluding carboxylic acids is 1. The van der Waals surface area contributed by atoms with E-state index in [-0.39, 0.29) is 24.7 Å². The fourth-order valence-electron chi connectivity index (χ4n) is 2.82. The number of aliphatic carboxylic acids is 2. The van der Waals surface area contributed by atoms with Crippen LogP contribution in [0.4, 0.5) is 5.69 Å². The molecule has 1 aromatic carbocycles. The lowest BCUT2D eigenvalue weighted by Crippen LogP contribution is -2.13. The van der Waals surface area contributed by atoms with Crippen molar-refractivity contribution in [2.45, 2.75) is 64.7 Å². The van der Waals surface area contributed by atoms with Gasteiger partial charge in [0.1, 0.15) is 5.75 Å². The molecule has 3 N–H and O–H groups in total. The van der Waals surface area contributed by atoms with Crippen molar-refractivity contribution < 1.29 is 29.3 Å². The highest BCUT2D eigenvalue weighted by molar-refractivity contribution is 5.92. The Labute approximate surface area is 166 Å². The first kappa shape index (κ1) is 23.5. The number of carboxylic acid groups (broad SMARTS) is 2. The monoisotopic (exact) mass is 393 g/mol. The van der Waals surface area contributed by atoms with Gasteiger partial charge in [-0.2, -0.15) is 0 Å². The zero-order chi connectivity index (χ0) is 20.8. The van der Waals surface area contributed by atoms with Crippen LogP contribution in [-0.2, 0) is 14.4 Å². The van der Waals surface area contributed by atoms with E-state index in [1.807, 2.05) is 19.1 Å². The molecule has 0 aromatic heterocycles. The topological polar surface area (TPSA) is 113 Å². The number of nitrogens with one attached hydrogen (secondary N) is 1. The van der Waals surface area contributed by atoms with Gasteiger partial charge in [-0.05, 0) is 43.7 Å². The largest absolute Gasteiger partial charge is 0.491 e. The number of anilines is 1. The molecule has 0 aliphatic heterocycles. The summed E-state index contributed by atoms with van der Waals surface area (Å²) in [6.45, 7) is 2.37. The maximum atomic E-state index is 12.1. The van der Waals surface area contributed by atoms with Crippen molar-refractivity contribution in [2.24, 2.45) is 5.92 Å². The molecule has 1 amide bonds. The van der Waals surface area contributed by atoms with Crippen LogP contribution in [0.5, 0.6) is 5.75 Å². The molecule has 1 aromatic rings. The van der Waals surface area contributed by atoms with Gasteiger partial charge in [0, 0.05) is 19.3 Å². The molecule has 28 heavy (non-hydrogen) atoms. The Kier molecular flexibility index (Phi) is 11.4. The average molecular weight is 393 g/mol. The molecular formula is C21H31NO6. The number of carboxylic acids is 2. The molecule has 0 fully saturated rings. The zero-order valence-electron chi connectivity index (χ0n) is 16.5. The van der Waals surface area contributed by atoms with Gasteiger partial charge >= 0.3 is 11.9 Å². The van der Waals surface area contributed by atoms with Crippen molar-refractivity contribution in [3.05, 3.63) is 24.3 Å². The molecule has 0 heterocycles. The van der Waals surface area contributed by atoms with Crippen LogP contribution in [-0.4, -0.2) is 34.7 Å². The number of carbonyl (C=O) groups is 3. The molecule has 1 unspecified atom stereocenters. The molecule has 0 aliphatic carbocycles. The molecule has 0 spiro atoms. The van der Waals surface area contributed by atoms with Gasteiger partial charge in [0.25, 0.3) is 0 Å². The number of hydrogen-bond acceptors (Lipinski definition) is 4. The average Bonchev–Trinajstić information content (AvgIpc) is 2.62. The van der Waals surface area contributed by atoms with Crippen molar-refractivity contribution in [3.63, 3.8) is 0 Å². The van der Waals surface area contributed by atoms with E-state index in [4.69, 9.17) is 14.9 Å². The van der Waals surface area contributed by atoms with E-state index in [2.05, 4.69) is 5.32 Å². The lowest BCUT2D eigenvalue weighted by atomic mass is 10.00. The number of para-hydroxylation sites is 2. The number of ether oxygens (including phenoxy) is 1. The summed E-state index contributed by atoms with van der Waals surface area (Å²) < 4.78 is 5.72. The van der Waals surface area contributed by atoms with Crippen LogP contribution in [0.2, 0.25) is 0 Å². The predicted molar refractivity (Wildman–Crippen MR) is 107 cm³/mol. The molecule has 0 saturated carbocycles. The second-order valence-corrected chi connectivity index (χ2v) is 7.05. The van der Waals surface area contributed by atoms with Gasteiger partial charge in [-0.3, -0.25) is 14.4 Å². The lowest BCUT2D eigenvalue weighted by Gasteiger charge is -2.13. The summed E-state index contributed by atoms with van der Waals surface area (Å²) in [5, 5.41) is 20.2. The van der Waals surface area contributed by atoms with E-state index < -0.39 is 11.9 Å². The van der Waals surface area contributed by atoms with Gasteiger partial charge in [-0.25, -0.2) is 0 Å². The summed E-state index contributed by atoms with van der Waals surface area (Å²) in [5.41, 5.74) is 0.622. The molecule has 156 valence electrons. The summed E-state index contributed by atoms with van der Waals surface area (Å²) in [7, 11) is 0. The maximum absolute atomic E-state index is 12.1. The number of benzene rings is 1. The predicted octanol–water partition coefficient (Wildman–Crippen LogP) is 4.32. The van der Waals surface area contributed by atoms with Crippen molar-refractivity contribution in [1.29, 1.82) is 0 Å². The first-order chi connectivity index (χ1) is 13.4. The number of unbranched alkanes of at least 4 members (excludes halogenated alkanes) is 3. The van der Waals surface area contributed by atoms with E-state index >= 15 is 0 Å². The van der Waals surface area contributed by atoms with Gasteiger partial charge in [0.2, 0.25) is 5.91 Å². The second kappa shape index (κ2) is 13.6. The van der Waals surface area contributed by atoms with Crippen LogP contribution in [0.1, 0.15) is 64.7 Å². The molecule has 7 heteroatoms. The highest BCUT2D eigenvalue weighted by atomic mass is 16.5. The third-order valence-electron chi connectivity index (χ3n) is 4.33. The second-order valence-electron chi connectivity index (χ2n) is 7.05. The number of rotatable bonds is 15. The zero-order valence-corrected chi connectivity index (χ0v) is 16.5. The first-order valence-electron chi connectivity index (χ1n) is 9.83. The van der Waals surface area contributed by atoms with Crippen LogP contribution in [0.25, 0.3) is 0 Å². The highest BCUT2D eigenvalue weighted by Crippen LogP contribution is 2.24. The molecule has 1 atom stereocenters. The fraction of sp³-hybridized carbons (Fsp3) is 0.571. The van der Waals surface area contributed by atoms with Gasteiger partial charge in [0.05, 0.1) is 12.3 Å². The third-order valence-corrected chi connectivity index (χ3v) is 4.33. The lowest BCUT2D eigenvalue weighted by molar-refractivity contribution is -0.138. The van der Waals surface area contributed by atoms with Gasteiger partial charge in [-0.1, -0.05) is 31.9 Å². The Balaban J connectivity index is 2.30. The van der Waals surface area contributed by atoms with Gasteiger partial charge in [-0.15, -0.1) is 0 Å². The number of hydrogen-bond donors (Lipinski definition) is 3. The van der Waals surface area contributed by atoms with Crippen LogP contribution in [0.3, 0.4) is 0 Å². The van der Waals surface area contributed by atoms with Crippen molar-refractivity contribution in [2.75, 3.05) is 11.9 Å². The number of amides is 1. The van der Waals surface area contributed by atoms with Crippen molar-refractivity contribution in [3.8, 4) is 5.75 Å². The summed E-state index contributed by atoms with van der Waals surface area (Å²) in [6, 6.07) is 7.23. The van der Waals surface area contributed by atoms with E-state index in [9.17, 15) is 14.4 Å². The molecule has 0 radical (unpaired) electrons. The summed E-state index contributed by atoms with van der Waals surface area (Å²) in [4.78, 5) is 33.3. The standard InChI is InChI=1S/C21H31NO6/c1-16(15-21(26)27)9-4-7-12-19(23)22-17-10-5-6-11-18(17)28-14-8-2-3-13-20(24)25/h5-6,10-11,16H,2-4,7-9,12-15H2,1H3,(H,22,23)(H,24,25)(H,26,27). The smallest absolute Gasteiger partial charge is 0.303 e. The maximum Gasteiger partial charge on any atom is 0.303 e. The minimum Gasteiger partial charge on any atom is -0.491 e. The van der Waals surface area contributed by atoms with E-state index in [0.717, 1.165) is 25.7 Å². The normalized spacial score (nSPS) is 11.6. The van der Waals surface area contributed by atoms with Gasteiger partial charge in [0.15, 0.2) is 0 Å². The first-order valence-corrected chi connectivity index (χ1v) is 9.83. The van der Waals surface area contributed by atoms with E-state index in [0.29, 0.717) is 37.3 Å². The van der Waals surface area contributed by atoms with Crippen LogP contribution in [0, 0.1) is 5.92 Å². The minimum atomic E-state index is -0.788. The molecule has 0 saturated heterocycles. The Morgan fingerprint density at radius 3 is 2.39 bits per heavy atom. The molecule has 7 nitrogen and oxygen atoms in total. The SMILES string of the molecule is CC(CCCCC(=O)Nc1ccccc1OCCCCCC(=O)O)CC(=O)O. The van der Waals surface area contributed by atoms with Crippen molar-refractivity contribution in [1.82, 2.24) is 0 Å². The molecule has 1 rings (SSSR count).